The summed E-state index contributed by atoms with van der Waals surface area (Å²) in [4.78, 5) is 6.09. The van der Waals surface area contributed by atoms with Crippen LogP contribution in [-0.2, 0) is 0 Å². The van der Waals surface area contributed by atoms with E-state index in [1.165, 1.54) is 200 Å². The Labute approximate surface area is 256 Å². The predicted molar refractivity (Wildman–Crippen MR) is 185 cm³/mol. The van der Waals surface area contributed by atoms with Crippen molar-refractivity contribution in [3.63, 3.8) is 0 Å². The Morgan fingerprint density at radius 1 is 0.325 bits per heavy atom. The van der Waals surface area contributed by atoms with E-state index in [-0.39, 0.29) is 0 Å². The van der Waals surface area contributed by atoms with E-state index < -0.39 is 0 Å². The SMILES string of the molecule is CCCCCCN(CCCCCC)CC(CCCCCC)(CCCCCC)N(CCCCCC)CCCCCC. The van der Waals surface area contributed by atoms with E-state index in [9.17, 15) is 0 Å². The lowest BCUT2D eigenvalue weighted by atomic mass is 9.83. The van der Waals surface area contributed by atoms with Gasteiger partial charge in [-0.1, -0.05) is 170 Å². The van der Waals surface area contributed by atoms with Gasteiger partial charge in [-0.2, -0.15) is 0 Å². The van der Waals surface area contributed by atoms with Gasteiger partial charge in [0, 0.05) is 12.1 Å². The normalized spacial score (nSPS) is 12.3. The van der Waals surface area contributed by atoms with E-state index in [1.807, 2.05) is 0 Å². The molecule has 0 aromatic carbocycles. The quantitative estimate of drug-likeness (QED) is 0.0731. The third-order valence-corrected chi connectivity index (χ3v) is 9.40. The van der Waals surface area contributed by atoms with E-state index in [4.69, 9.17) is 0 Å². The second-order valence-electron chi connectivity index (χ2n) is 13.4. The van der Waals surface area contributed by atoms with Gasteiger partial charge in [-0.15, -0.1) is 0 Å². The van der Waals surface area contributed by atoms with Crippen LogP contribution < -0.4 is 0 Å². The Bertz CT molecular complexity index is 440. The average molecular weight is 565 g/mol. The first-order chi connectivity index (χ1) is 19.6. The molecule has 0 N–H and O–H groups in total. The van der Waals surface area contributed by atoms with Crippen LogP contribution >= 0.6 is 0 Å². The van der Waals surface area contributed by atoms with E-state index in [1.54, 1.807) is 0 Å². The number of hydrogen-bond donors (Lipinski definition) is 0. The van der Waals surface area contributed by atoms with Crippen molar-refractivity contribution in [1.82, 2.24) is 9.80 Å². The van der Waals surface area contributed by atoms with Crippen LogP contribution in [0.4, 0.5) is 0 Å². The van der Waals surface area contributed by atoms with Crippen molar-refractivity contribution in [3.05, 3.63) is 0 Å². The Kier molecular flexibility index (Phi) is 30.3. The molecule has 0 amide bonds. The predicted octanol–water partition coefficient (Wildman–Crippen LogP) is 12.6. The highest BCUT2D eigenvalue weighted by atomic mass is 15.3. The van der Waals surface area contributed by atoms with Gasteiger partial charge in [0.15, 0.2) is 0 Å². The Morgan fingerprint density at radius 3 is 0.950 bits per heavy atom. The van der Waals surface area contributed by atoms with E-state index >= 15 is 0 Å². The van der Waals surface area contributed by atoms with Crippen molar-refractivity contribution in [2.45, 2.75) is 214 Å². The first-order valence-electron chi connectivity index (χ1n) is 19.1. The zero-order chi connectivity index (χ0) is 29.6. The fraction of sp³-hybridized carbons (Fsp3) is 1.00. The van der Waals surface area contributed by atoms with Crippen molar-refractivity contribution < 1.29 is 0 Å². The molecule has 0 bridgehead atoms. The average Bonchev–Trinajstić information content (AvgIpc) is 2.96. The molecule has 0 heterocycles. The molecule has 0 spiro atoms. The van der Waals surface area contributed by atoms with Crippen LogP contribution in [-0.4, -0.2) is 48.1 Å². The van der Waals surface area contributed by atoms with Gasteiger partial charge in [-0.3, -0.25) is 4.90 Å². The largest absolute Gasteiger partial charge is 0.301 e. The van der Waals surface area contributed by atoms with Crippen LogP contribution in [0.25, 0.3) is 0 Å². The summed E-state index contributed by atoms with van der Waals surface area (Å²) in [7, 11) is 0. The zero-order valence-electron chi connectivity index (χ0n) is 29.3. The molecule has 2 nitrogen and oxygen atoms in total. The molecule has 0 aliphatic rings. The van der Waals surface area contributed by atoms with Crippen molar-refractivity contribution in [1.29, 1.82) is 0 Å². The van der Waals surface area contributed by atoms with Gasteiger partial charge in [-0.05, 0) is 64.7 Å². The van der Waals surface area contributed by atoms with Crippen LogP contribution in [0, 0.1) is 0 Å². The first-order valence-corrected chi connectivity index (χ1v) is 19.1. The molecule has 0 rings (SSSR count). The lowest BCUT2D eigenvalue weighted by molar-refractivity contribution is 0.0230. The van der Waals surface area contributed by atoms with Gasteiger partial charge >= 0.3 is 0 Å². The molecule has 0 atom stereocenters. The molecule has 242 valence electrons. The molecule has 0 saturated heterocycles. The fourth-order valence-electron chi connectivity index (χ4n) is 6.72. The molecule has 0 aromatic heterocycles. The monoisotopic (exact) mass is 565 g/mol. The minimum absolute atomic E-state index is 0.384. The highest BCUT2D eigenvalue weighted by Crippen LogP contribution is 2.33. The second kappa shape index (κ2) is 30.4. The summed E-state index contributed by atoms with van der Waals surface area (Å²) in [6.45, 7) is 20.9. The maximum atomic E-state index is 3.11. The van der Waals surface area contributed by atoms with Gasteiger partial charge in [0.2, 0.25) is 0 Å². The van der Waals surface area contributed by atoms with Crippen molar-refractivity contribution in [3.8, 4) is 0 Å². The summed E-state index contributed by atoms with van der Waals surface area (Å²) < 4.78 is 0. The van der Waals surface area contributed by atoms with Crippen molar-refractivity contribution in [2.75, 3.05) is 32.7 Å². The molecule has 0 aliphatic heterocycles. The van der Waals surface area contributed by atoms with Gasteiger partial charge in [0.25, 0.3) is 0 Å². The Hall–Kier alpha value is -0.0800. The van der Waals surface area contributed by atoms with Crippen LogP contribution in [0.15, 0.2) is 0 Å². The summed E-state index contributed by atoms with van der Waals surface area (Å²) in [5.41, 5.74) is 0.384. The molecule has 2 heteroatoms. The molecule has 0 unspecified atom stereocenters. The highest BCUT2D eigenvalue weighted by Gasteiger charge is 2.37. The summed E-state index contributed by atoms with van der Waals surface area (Å²) in [5.74, 6) is 0. The van der Waals surface area contributed by atoms with Crippen LogP contribution in [0.5, 0.6) is 0 Å². The summed E-state index contributed by atoms with van der Waals surface area (Å²) >= 11 is 0. The summed E-state index contributed by atoms with van der Waals surface area (Å²) in [6, 6.07) is 0. The number of nitrogens with zero attached hydrogens (tertiary/aromatic N) is 2. The van der Waals surface area contributed by atoms with E-state index in [0.717, 1.165) is 0 Å². The van der Waals surface area contributed by atoms with Crippen LogP contribution in [0.2, 0.25) is 0 Å². The molecule has 0 aliphatic carbocycles. The van der Waals surface area contributed by atoms with Crippen LogP contribution in [0.3, 0.4) is 0 Å². The molecule has 40 heavy (non-hydrogen) atoms. The van der Waals surface area contributed by atoms with Gasteiger partial charge in [0.1, 0.15) is 0 Å². The topological polar surface area (TPSA) is 6.48 Å². The first kappa shape index (κ1) is 39.9. The minimum Gasteiger partial charge on any atom is -0.301 e. The lowest BCUT2D eigenvalue weighted by Gasteiger charge is -2.48. The van der Waals surface area contributed by atoms with Gasteiger partial charge in [-0.25, -0.2) is 0 Å². The molecule has 0 aromatic rings. The summed E-state index contributed by atoms with van der Waals surface area (Å²) in [5, 5.41) is 0. The molecular formula is C38H80N2. The minimum atomic E-state index is 0.384. The third kappa shape index (κ3) is 21.6. The molecule has 0 radical (unpaired) electrons. The zero-order valence-corrected chi connectivity index (χ0v) is 29.3. The molecule has 0 fully saturated rings. The highest BCUT2D eigenvalue weighted by molar-refractivity contribution is 4.94. The van der Waals surface area contributed by atoms with Crippen LogP contribution in [0.1, 0.15) is 208 Å². The Balaban J connectivity index is 6.07. The lowest BCUT2D eigenvalue weighted by Crippen LogP contribution is -2.56. The summed E-state index contributed by atoms with van der Waals surface area (Å²) in [6.07, 6.45) is 36.4. The standard InChI is InChI=1S/C38H80N2/c1-7-13-19-25-31-38(32-26-20-14-8-2,40(35-29-23-17-11-5)36-30-24-18-12-6)37-39(33-27-21-15-9-3)34-28-22-16-10-4/h7-37H2,1-6H3. The fourth-order valence-corrected chi connectivity index (χ4v) is 6.72. The van der Waals surface area contributed by atoms with E-state index in [0.29, 0.717) is 5.54 Å². The van der Waals surface area contributed by atoms with Crippen molar-refractivity contribution >= 4 is 0 Å². The number of rotatable bonds is 33. The third-order valence-electron chi connectivity index (χ3n) is 9.40. The number of unbranched alkanes of at least 4 members (excludes halogenated alkanes) is 18. The van der Waals surface area contributed by atoms with Gasteiger partial charge < -0.3 is 4.90 Å². The molecule has 0 saturated carbocycles. The van der Waals surface area contributed by atoms with Gasteiger partial charge in [0.05, 0.1) is 0 Å². The number of hydrogen-bond acceptors (Lipinski definition) is 2. The smallest absolute Gasteiger partial charge is 0.0336 e. The maximum absolute atomic E-state index is 3.11. The Morgan fingerprint density at radius 2 is 0.625 bits per heavy atom. The molecular weight excluding hydrogens is 484 g/mol. The van der Waals surface area contributed by atoms with Crippen molar-refractivity contribution in [2.24, 2.45) is 0 Å². The maximum Gasteiger partial charge on any atom is 0.0336 e. The second-order valence-corrected chi connectivity index (χ2v) is 13.4. The van der Waals surface area contributed by atoms with E-state index in [2.05, 4.69) is 51.3 Å².